The Morgan fingerprint density at radius 3 is 2.48 bits per heavy atom. The number of piperazine rings is 1. The van der Waals surface area contributed by atoms with Crippen LogP contribution in [0.5, 0.6) is 5.75 Å². The number of halogens is 3. The molecule has 234 valence electrons. The molecule has 0 saturated carbocycles. The fraction of sp³-hybridized carbons (Fsp3) is 0.367. The van der Waals surface area contributed by atoms with Gasteiger partial charge in [0.1, 0.15) is 0 Å². The number of anilines is 1. The number of imidazole rings is 1. The fourth-order valence-corrected chi connectivity index (χ4v) is 5.10. The van der Waals surface area contributed by atoms with Crippen LogP contribution >= 0.6 is 11.6 Å². The molecular formula is C30H33ClF2N6O5. The van der Waals surface area contributed by atoms with Gasteiger partial charge in [-0.3, -0.25) is 19.2 Å². The zero-order valence-electron chi connectivity index (χ0n) is 24.5. The van der Waals surface area contributed by atoms with Gasteiger partial charge in [0.05, 0.1) is 24.0 Å². The van der Waals surface area contributed by atoms with Gasteiger partial charge in [0.2, 0.25) is 17.6 Å². The molecule has 5 rings (SSSR count). The van der Waals surface area contributed by atoms with Gasteiger partial charge in [-0.2, -0.15) is 4.39 Å². The van der Waals surface area contributed by atoms with E-state index in [0.717, 1.165) is 32.6 Å². The number of rotatable bonds is 7. The third-order valence-corrected chi connectivity index (χ3v) is 7.81. The first kappa shape index (κ1) is 32.6. The van der Waals surface area contributed by atoms with Crippen molar-refractivity contribution < 1.29 is 32.7 Å². The van der Waals surface area contributed by atoms with Gasteiger partial charge >= 0.3 is 0 Å². The predicted molar refractivity (Wildman–Crippen MR) is 160 cm³/mol. The number of amides is 3. The van der Waals surface area contributed by atoms with Crippen LogP contribution in [-0.4, -0.2) is 89.7 Å². The molecule has 1 aromatic heterocycles. The second-order valence-electron chi connectivity index (χ2n) is 10.5. The van der Waals surface area contributed by atoms with Gasteiger partial charge in [-0.15, -0.1) is 0 Å². The van der Waals surface area contributed by atoms with E-state index in [1.807, 2.05) is 4.90 Å². The van der Waals surface area contributed by atoms with Crippen LogP contribution in [0.3, 0.4) is 0 Å². The molecule has 3 aromatic rings. The van der Waals surface area contributed by atoms with Crippen molar-refractivity contribution in [1.82, 2.24) is 24.7 Å². The highest BCUT2D eigenvalue weighted by Crippen LogP contribution is 2.30. The molecule has 2 aromatic carbocycles. The van der Waals surface area contributed by atoms with Crippen LogP contribution in [0.25, 0.3) is 11.3 Å². The first-order chi connectivity index (χ1) is 21.0. The molecule has 3 amide bonds. The third-order valence-electron chi connectivity index (χ3n) is 7.48. The first-order valence-corrected chi connectivity index (χ1v) is 14.3. The number of aromatic nitrogens is 2. The Labute approximate surface area is 258 Å². The molecule has 0 aliphatic carbocycles. The van der Waals surface area contributed by atoms with E-state index in [-0.39, 0.29) is 51.3 Å². The van der Waals surface area contributed by atoms with Crippen LogP contribution in [0.15, 0.2) is 36.5 Å². The summed E-state index contributed by atoms with van der Waals surface area (Å²) in [4.78, 5) is 54.4. The summed E-state index contributed by atoms with van der Waals surface area (Å²) in [6.45, 7) is 3.53. The number of hydrogen-bond acceptors (Lipinski definition) is 7. The number of carbonyl (C=O) groups excluding carboxylic acids is 4. The lowest BCUT2D eigenvalue weighted by Crippen LogP contribution is -2.48. The van der Waals surface area contributed by atoms with Crippen molar-refractivity contribution in [2.75, 3.05) is 45.7 Å². The molecule has 11 nitrogen and oxygen atoms in total. The van der Waals surface area contributed by atoms with Crippen LogP contribution in [-0.2, 0) is 16.6 Å². The number of nitrogens with one attached hydrogen (secondary N) is 2. The Hall–Kier alpha value is -4.36. The molecule has 2 fully saturated rings. The standard InChI is InChI=1S/C19H14ClF2N3O3.C11H19N3O2/c1-25-14(12-5-6-15(28-2)17(22)16(12)21)8-23-18(25)19(27)24-11-4-3-10(9-26)13(20)7-11;1-13-4-6-14(7-5-13)11(16)8-9-2-3-10(15)12-9/h3-9H,1-2H3,(H,24,27);9H,2-8H2,1H3,(H,12,15). The molecule has 2 aliphatic rings. The van der Waals surface area contributed by atoms with E-state index < -0.39 is 17.5 Å². The van der Waals surface area contributed by atoms with Crippen LogP contribution in [0.4, 0.5) is 14.5 Å². The Kier molecular flexibility index (Phi) is 10.7. The summed E-state index contributed by atoms with van der Waals surface area (Å²) in [5.41, 5.74) is 0.784. The van der Waals surface area contributed by atoms with Crippen LogP contribution in [0.2, 0.25) is 5.02 Å². The topological polar surface area (TPSA) is 126 Å². The molecule has 0 spiro atoms. The number of likely N-dealkylation sites (N-methyl/N-ethyl adjacent to an activating group) is 1. The average molecular weight is 631 g/mol. The number of methoxy groups -OCH3 is 1. The molecule has 1 atom stereocenters. The summed E-state index contributed by atoms with van der Waals surface area (Å²) >= 11 is 5.94. The quantitative estimate of drug-likeness (QED) is 0.383. The smallest absolute Gasteiger partial charge is 0.291 e. The maximum absolute atomic E-state index is 14.3. The Morgan fingerprint density at radius 1 is 1.14 bits per heavy atom. The van der Waals surface area contributed by atoms with Crippen molar-refractivity contribution in [3.63, 3.8) is 0 Å². The average Bonchev–Trinajstić information content (AvgIpc) is 3.59. The minimum absolute atomic E-state index is 0.0267. The molecule has 0 bridgehead atoms. The van der Waals surface area contributed by atoms with Gasteiger partial charge in [0, 0.05) is 68.9 Å². The summed E-state index contributed by atoms with van der Waals surface area (Å²) in [7, 11) is 4.80. The van der Waals surface area contributed by atoms with Gasteiger partial charge in [0.25, 0.3) is 5.91 Å². The number of ether oxygens (including phenoxy) is 1. The molecule has 0 radical (unpaired) electrons. The van der Waals surface area contributed by atoms with Gasteiger partial charge in [-0.25, -0.2) is 9.37 Å². The summed E-state index contributed by atoms with van der Waals surface area (Å²) in [6, 6.07) is 7.09. The Morgan fingerprint density at radius 2 is 1.86 bits per heavy atom. The van der Waals surface area contributed by atoms with E-state index in [0.29, 0.717) is 24.8 Å². The van der Waals surface area contributed by atoms with Gasteiger partial charge < -0.3 is 29.7 Å². The molecular weight excluding hydrogens is 598 g/mol. The zero-order valence-corrected chi connectivity index (χ0v) is 25.3. The molecule has 2 saturated heterocycles. The highest BCUT2D eigenvalue weighted by molar-refractivity contribution is 6.33. The number of carbonyl (C=O) groups is 4. The Balaban J connectivity index is 0.000000233. The van der Waals surface area contributed by atoms with Crippen molar-refractivity contribution in [2.24, 2.45) is 7.05 Å². The molecule has 14 heteroatoms. The molecule has 1 unspecified atom stereocenters. The maximum atomic E-state index is 14.3. The monoisotopic (exact) mass is 630 g/mol. The summed E-state index contributed by atoms with van der Waals surface area (Å²) < 4.78 is 34.4. The third kappa shape index (κ3) is 7.58. The minimum Gasteiger partial charge on any atom is -0.494 e. The van der Waals surface area contributed by atoms with E-state index in [9.17, 15) is 28.0 Å². The van der Waals surface area contributed by atoms with E-state index in [1.54, 1.807) is 0 Å². The van der Waals surface area contributed by atoms with Gasteiger partial charge in [0.15, 0.2) is 23.7 Å². The van der Waals surface area contributed by atoms with Crippen LogP contribution in [0, 0.1) is 11.6 Å². The molecule has 2 N–H and O–H groups in total. The van der Waals surface area contributed by atoms with Crippen molar-refractivity contribution >= 4 is 41.3 Å². The highest BCUT2D eigenvalue weighted by Gasteiger charge is 2.27. The largest absolute Gasteiger partial charge is 0.494 e. The summed E-state index contributed by atoms with van der Waals surface area (Å²) in [5, 5.41) is 5.61. The van der Waals surface area contributed by atoms with Gasteiger partial charge in [-0.1, -0.05) is 11.6 Å². The van der Waals surface area contributed by atoms with Crippen molar-refractivity contribution in [2.45, 2.75) is 25.3 Å². The number of aldehydes is 1. The minimum atomic E-state index is -1.13. The SMILES string of the molecule is CN1CCN(C(=O)CC2CCC(=O)N2)CC1.COc1ccc(-c2cnc(C(=O)Nc3ccc(C=O)c(Cl)c3)n2C)c(F)c1F. The number of benzene rings is 2. The molecule has 2 aliphatic heterocycles. The molecule has 3 heterocycles. The van der Waals surface area contributed by atoms with Crippen molar-refractivity contribution in [3.05, 3.63) is 64.6 Å². The second-order valence-corrected chi connectivity index (χ2v) is 10.9. The predicted octanol–water partition coefficient (Wildman–Crippen LogP) is 3.52. The fourth-order valence-electron chi connectivity index (χ4n) is 4.87. The lowest BCUT2D eigenvalue weighted by Gasteiger charge is -2.33. The molecule has 44 heavy (non-hydrogen) atoms. The van der Waals surface area contributed by atoms with Gasteiger partial charge in [-0.05, 0) is 43.8 Å². The summed E-state index contributed by atoms with van der Waals surface area (Å²) in [6.07, 6.45) is 3.71. The van der Waals surface area contributed by atoms with Crippen molar-refractivity contribution in [1.29, 1.82) is 0 Å². The first-order valence-electron chi connectivity index (χ1n) is 13.9. The van der Waals surface area contributed by atoms with E-state index in [1.165, 1.54) is 55.3 Å². The summed E-state index contributed by atoms with van der Waals surface area (Å²) in [5.74, 6) is -2.81. The van der Waals surface area contributed by atoms with E-state index in [2.05, 4.69) is 27.6 Å². The Bertz CT molecular complexity index is 1560. The van der Waals surface area contributed by atoms with Crippen LogP contribution < -0.4 is 15.4 Å². The number of hydrogen-bond donors (Lipinski definition) is 2. The van der Waals surface area contributed by atoms with Crippen LogP contribution in [0.1, 0.15) is 40.2 Å². The maximum Gasteiger partial charge on any atom is 0.291 e. The lowest BCUT2D eigenvalue weighted by atomic mass is 10.1. The van der Waals surface area contributed by atoms with E-state index in [4.69, 9.17) is 16.3 Å². The highest BCUT2D eigenvalue weighted by atomic mass is 35.5. The zero-order chi connectivity index (χ0) is 32.0. The lowest BCUT2D eigenvalue weighted by molar-refractivity contribution is -0.133. The second kappa shape index (κ2) is 14.4. The normalized spacial score (nSPS) is 16.5. The van der Waals surface area contributed by atoms with Crippen molar-refractivity contribution in [3.8, 4) is 17.0 Å². The number of nitrogens with zero attached hydrogens (tertiary/aromatic N) is 4. The van der Waals surface area contributed by atoms with E-state index >= 15 is 0 Å².